The zero-order chi connectivity index (χ0) is 18.9. The third-order valence-electron chi connectivity index (χ3n) is 4.34. The highest BCUT2D eigenvalue weighted by Gasteiger charge is 2.14. The van der Waals surface area contributed by atoms with Crippen LogP contribution in [0.1, 0.15) is 30.4 Å². The Morgan fingerprint density at radius 3 is 2.15 bits per heavy atom. The normalized spacial score (nSPS) is 11.5. The number of ether oxygens (including phenoxy) is 3. The molecule has 5 nitrogen and oxygen atoms in total. The van der Waals surface area contributed by atoms with Gasteiger partial charge in [0.05, 0.1) is 21.3 Å². The predicted octanol–water partition coefficient (Wildman–Crippen LogP) is 3.56. The van der Waals surface area contributed by atoms with E-state index in [1.165, 1.54) is 5.56 Å². The number of carbonyl (C=O) groups excluding carboxylic acids is 1. The Bertz CT molecular complexity index is 690. The minimum Gasteiger partial charge on any atom is -0.493 e. The number of carbonyl (C=O) groups is 1. The van der Waals surface area contributed by atoms with Crippen LogP contribution in [-0.4, -0.2) is 33.8 Å². The first kappa shape index (κ1) is 19.6. The van der Waals surface area contributed by atoms with Crippen LogP contribution in [0, 0.1) is 0 Å². The van der Waals surface area contributed by atoms with E-state index in [9.17, 15) is 4.79 Å². The molecule has 0 bridgehead atoms. The molecule has 2 aromatic rings. The van der Waals surface area contributed by atoms with Crippen molar-refractivity contribution in [3.05, 3.63) is 53.6 Å². The van der Waals surface area contributed by atoms with E-state index >= 15 is 0 Å². The summed E-state index contributed by atoms with van der Waals surface area (Å²) in [6.45, 7) is 2.73. The van der Waals surface area contributed by atoms with Crippen molar-refractivity contribution in [2.75, 3.05) is 27.9 Å². The van der Waals surface area contributed by atoms with E-state index in [2.05, 4.69) is 24.4 Å². The number of benzene rings is 2. The molecule has 1 unspecified atom stereocenters. The van der Waals surface area contributed by atoms with Gasteiger partial charge in [-0.1, -0.05) is 37.3 Å². The van der Waals surface area contributed by atoms with E-state index in [1.54, 1.807) is 21.3 Å². The molecule has 0 saturated carbocycles. The summed E-state index contributed by atoms with van der Waals surface area (Å²) >= 11 is 0. The molecule has 5 heteroatoms. The first-order valence-electron chi connectivity index (χ1n) is 8.69. The zero-order valence-corrected chi connectivity index (χ0v) is 15.9. The number of hydrogen-bond donors (Lipinski definition) is 1. The lowest BCUT2D eigenvalue weighted by molar-refractivity contribution is -0.121. The van der Waals surface area contributed by atoms with Crippen molar-refractivity contribution in [1.29, 1.82) is 0 Å². The molecule has 0 fully saturated rings. The molecular weight excluding hydrogens is 330 g/mol. The summed E-state index contributed by atoms with van der Waals surface area (Å²) in [5, 5.41) is 3.00. The third kappa shape index (κ3) is 5.15. The van der Waals surface area contributed by atoms with Crippen LogP contribution in [0.4, 0.5) is 0 Å². The van der Waals surface area contributed by atoms with Crippen LogP contribution in [0.3, 0.4) is 0 Å². The Kier molecular flexibility index (Phi) is 7.33. The number of rotatable bonds is 9. The highest BCUT2D eigenvalue weighted by Crippen LogP contribution is 2.38. The average Bonchev–Trinajstić information content (AvgIpc) is 2.69. The molecule has 0 aromatic heterocycles. The van der Waals surface area contributed by atoms with E-state index in [-0.39, 0.29) is 11.8 Å². The van der Waals surface area contributed by atoms with Crippen molar-refractivity contribution in [3.8, 4) is 17.2 Å². The lowest BCUT2D eigenvalue weighted by atomic mass is 10.0. The second kappa shape index (κ2) is 9.70. The summed E-state index contributed by atoms with van der Waals surface area (Å²) in [6, 6.07) is 13.9. The van der Waals surface area contributed by atoms with Gasteiger partial charge >= 0.3 is 0 Å². The fraction of sp³-hybridized carbons (Fsp3) is 0.381. The molecule has 1 atom stereocenters. The number of amides is 1. The van der Waals surface area contributed by atoms with Gasteiger partial charge in [-0.05, 0) is 35.6 Å². The summed E-state index contributed by atoms with van der Waals surface area (Å²) in [5.41, 5.74) is 2.18. The number of methoxy groups -OCH3 is 3. The number of nitrogens with one attached hydrogen (secondary N) is 1. The summed E-state index contributed by atoms with van der Waals surface area (Å²) in [4.78, 5) is 12.2. The van der Waals surface area contributed by atoms with E-state index < -0.39 is 0 Å². The van der Waals surface area contributed by atoms with Crippen LogP contribution in [-0.2, 0) is 11.2 Å². The molecule has 0 saturated heterocycles. The van der Waals surface area contributed by atoms with Crippen LogP contribution >= 0.6 is 0 Å². The standard InChI is InChI=1S/C21H27NO4/c1-15(17-8-6-5-7-9-17)14-22-20(23)11-10-16-12-18(24-2)21(26-4)19(13-16)25-3/h5-9,12-13,15H,10-11,14H2,1-4H3,(H,22,23). The first-order chi connectivity index (χ1) is 12.6. The van der Waals surface area contributed by atoms with Gasteiger partial charge < -0.3 is 19.5 Å². The molecule has 0 aliphatic carbocycles. The predicted molar refractivity (Wildman–Crippen MR) is 102 cm³/mol. The van der Waals surface area contributed by atoms with Gasteiger partial charge in [0.1, 0.15) is 0 Å². The van der Waals surface area contributed by atoms with E-state index in [4.69, 9.17) is 14.2 Å². The van der Waals surface area contributed by atoms with Gasteiger partial charge in [-0.3, -0.25) is 4.79 Å². The molecule has 26 heavy (non-hydrogen) atoms. The van der Waals surface area contributed by atoms with Crippen molar-refractivity contribution < 1.29 is 19.0 Å². The summed E-state index contributed by atoms with van der Waals surface area (Å²) < 4.78 is 16.0. The number of hydrogen-bond acceptors (Lipinski definition) is 4. The van der Waals surface area contributed by atoms with Crippen molar-refractivity contribution >= 4 is 5.91 Å². The molecule has 2 rings (SSSR count). The number of aryl methyl sites for hydroxylation is 1. The van der Waals surface area contributed by atoms with Crippen molar-refractivity contribution in [1.82, 2.24) is 5.32 Å². The molecule has 0 spiro atoms. The van der Waals surface area contributed by atoms with Crippen LogP contribution in [0.2, 0.25) is 0 Å². The maximum absolute atomic E-state index is 12.2. The summed E-state index contributed by atoms with van der Waals surface area (Å²) in [5.74, 6) is 2.06. The maximum Gasteiger partial charge on any atom is 0.220 e. The van der Waals surface area contributed by atoms with E-state index in [0.717, 1.165) is 5.56 Å². The van der Waals surface area contributed by atoms with Crippen LogP contribution in [0.25, 0.3) is 0 Å². The molecule has 140 valence electrons. The van der Waals surface area contributed by atoms with E-state index in [0.29, 0.717) is 36.6 Å². The van der Waals surface area contributed by atoms with Crippen LogP contribution < -0.4 is 19.5 Å². The molecular formula is C21H27NO4. The second-order valence-electron chi connectivity index (χ2n) is 6.15. The topological polar surface area (TPSA) is 56.8 Å². The molecule has 0 heterocycles. The van der Waals surface area contributed by atoms with Crippen LogP contribution in [0.15, 0.2) is 42.5 Å². The quantitative estimate of drug-likeness (QED) is 0.745. The summed E-state index contributed by atoms with van der Waals surface area (Å²) in [7, 11) is 4.74. The second-order valence-corrected chi connectivity index (χ2v) is 6.15. The lowest BCUT2D eigenvalue weighted by Gasteiger charge is -2.15. The SMILES string of the molecule is COc1cc(CCC(=O)NCC(C)c2ccccc2)cc(OC)c1OC. The Balaban J connectivity index is 1.91. The van der Waals surface area contributed by atoms with Gasteiger partial charge in [-0.2, -0.15) is 0 Å². The minimum atomic E-state index is 0.0292. The molecule has 0 radical (unpaired) electrons. The van der Waals surface area contributed by atoms with Gasteiger partial charge in [0.15, 0.2) is 11.5 Å². The smallest absolute Gasteiger partial charge is 0.220 e. The maximum atomic E-state index is 12.2. The minimum absolute atomic E-state index is 0.0292. The van der Waals surface area contributed by atoms with Crippen molar-refractivity contribution in [2.24, 2.45) is 0 Å². The van der Waals surface area contributed by atoms with Gasteiger partial charge in [-0.15, -0.1) is 0 Å². The fourth-order valence-electron chi connectivity index (χ4n) is 2.79. The van der Waals surface area contributed by atoms with Crippen molar-refractivity contribution in [2.45, 2.75) is 25.7 Å². The van der Waals surface area contributed by atoms with Crippen LogP contribution in [0.5, 0.6) is 17.2 Å². The first-order valence-corrected chi connectivity index (χ1v) is 8.69. The van der Waals surface area contributed by atoms with Gasteiger partial charge in [0.2, 0.25) is 11.7 Å². The molecule has 2 aromatic carbocycles. The van der Waals surface area contributed by atoms with Crippen molar-refractivity contribution in [3.63, 3.8) is 0 Å². The molecule has 1 N–H and O–H groups in total. The third-order valence-corrected chi connectivity index (χ3v) is 4.34. The highest BCUT2D eigenvalue weighted by atomic mass is 16.5. The average molecular weight is 357 g/mol. The monoisotopic (exact) mass is 357 g/mol. The molecule has 0 aliphatic heterocycles. The Morgan fingerprint density at radius 1 is 1.00 bits per heavy atom. The largest absolute Gasteiger partial charge is 0.493 e. The molecule has 1 amide bonds. The van der Waals surface area contributed by atoms with Gasteiger partial charge in [0, 0.05) is 13.0 Å². The van der Waals surface area contributed by atoms with Gasteiger partial charge in [0.25, 0.3) is 0 Å². The summed E-state index contributed by atoms with van der Waals surface area (Å²) in [6.07, 6.45) is 1.00. The fourth-order valence-corrected chi connectivity index (χ4v) is 2.79. The highest BCUT2D eigenvalue weighted by molar-refractivity contribution is 5.76. The van der Waals surface area contributed by atoms with Gasteiger partial charge in [-0.25, -0.2) is 0 Å². The Hall–Kier alpha value is -2.69. The van der Waals surface area contributed by atoms with E-state index in [1.807, 2.05) is 30.3 Å². The molecule has 0 aliphatic rings. The Morgan fingerprint density at radius 2 is 1.62 bits per heavy atom. The zero-order valence-electron chi connectivity index (χ0n) is 15.9. The lowest BCUT2D eigenvalue weighted by Crippen LogP contribution is -2.27. The Labute approximate surface area is 155 Å².